The Morgan fingerprint density at radius 1 is 1.41 bits per heavy atom. The Morgan fingerprint density at radius 2 is 2.18 bits per heavy atom. The fourth-order valence-electron chi connectivity index (χ4n) is 2.25. The van der Waals surface area contributed by atoms with Crippen LogP contribution in [0.2, 0.25) is 0 Å². The lowest BCUT2D eigenvalue weighted by molar-refractivity contribution is 0.416. The lowest BCUT2D eigenvalue weighted by Gasteiger charge is -2.32. The van der Waals surface area contributed by atoms with Crippen LogP contribution in [0, 0.1) is 3.57 Å². The SMILES string of the molecule is CC1(C)CN(c2ccc(I)cc2Br)CCCN1. The molecule has 1 fully saturated rings. The monoisotopic (exact) mass is 408 g/mol. The molecular weight excluding hydrogens is 391 g/mol. The van der Waals surface area contributed by atoms with E-state index >= 15 is 0 Å². The topological polar surface area (TPSA) is 15.3 Å². The summed E-state index contributed by atoms with van der Waals surface area (Å²) in [7, 11) is 0. The molecule has 94 valence electrons. The largest absolute Gasteiger partial charge is 0.369 e. The van der Waals surface area contributed by atoms with Gasteiger partial charge in [-0.25, -0.2) is 0 Å². The first-order valence-electron chi connectivity index (χ1n) is 5.93. The molecular formula is C13H18BrIN2. The van der Waals surface area contributed by atoms with Crippen LogP contribution in [0.3, 0.4) is 0 Å². The molecule has 0 aromatic heterocycles. The van der Waals surface area contributed by atoms with Crippen molar-refractivity contribution in [1.82, 2.24) is 5.32 Å². The van der Waals surface area contributed by atoms with Crippen molar-refractivity contribution in [2.75, 3.05) is 24.5 Å². The maximum atomic E-state index is 3.68. The third kappa shape index (κ3) is 3.58. The van der Waals surface area contributed by atoms with Gasteiger partial charge in [0.05, 0.1) is 5.69 Å². The Bertz CT molecular complexity index is 406. The number of rotatable bonds is 1. The van der Waals surface area contributed by atoms with Crippen LogP contribution in [0.15, 0.2) is 22.7 Å². The molecule has 1 saturated heterocycles. The molecule has 2 rings (SSSR count). The van der Waals surface area contributed by atoms with Crippen molar-refractivity contribution in [2.45, 2.75) is 25.8 Å². The summed E-state index contributed by atoms with van der Waals surface area (Å²) >= 11 is 6.03. The highest BCUT2D eigenvalue weighted by atomic mass is 127. The maximum absolute atomic E-state index is 3.68. The summed E-state index contributed by atoms with van der Waals surface area (Å²) in [4.78, 5) is 2.47. The Morgan fingerprint density at radius 3 is 2.88 bits per heavy atom. The molecule has 0 atom stereocenters. The van der Waals surface area contributed by atoms with Crippen molar-refractivity contribution in [2.24, 2.45) is 0 Å². The molecule has 2 nitrogen and oxygen atoms in total. The van der Waals surface area contributed by atoms with Crippen molar-refractivity contribution in [1.29, 1.82) is 0 Å². The molecule has 1 aromatic carbocycles. The normalized spacial score (nSPS) is 20.1. The first-order chi connectivity index (χ1) is 7.98. The van der Waals surface area contributed by atoms with E-state index in [0.717, 1.165) is 19.6 Å². The minimum Gasteiger partial charge on any atom is -0.369 e. The van der Waals surface area contributed by atoms with Crippen LogP contribution in [0.4, 0.5) is 5.69 Å². The van der Waals surface area contributed by atoms with Crippen LogP contribution in [0.1, 0.15) is 20.3 Å². The molecule has 1 aliphatic heterocycles. The Kier molecular flexibility index (Phi) is 4.36. The summed E-state index contributed by atoms with van der Waals surface area (Å²) in [5.41, 5.74) is 1.49. The van der Waals surface area contributed by atoms with E-state index < -0.39 is 0 Å². The predicted octanol–water partition coefficient (Wildman–Crippen LogP) is 3.63. The molecule has 1 aliphatic rings. The van der Waals surface area contributed by atoms with Gasteiger partial charge in [-0.3, -0.25) is 0 Å². The van der Waals surface area contributed by atoms with Gasteiger partial charge in [-0.05, 0) is 83.5 Å². The van der Waals surface area contributed by atoms with E-state index in [0.29, 0.717) is 0 Å². The van der Waals surface area contributed by atoms with Gasteiger partial charge in [-0.1, -0.05) is 0 Å². The Labute approximate surface area is 125 Å². The van der Waals surface area contributed by atoms with E-state index in [1.807, 2.05) is 0 Å². The average molecular weight is 409 g/mol. The second kappa shape index (κ2) is 5.45. The molecule has 0 unspecified atom stereocenters. The van der Waals surface area contributed by atoms with Crippen molar-refractivity contribution in [3.8, 4) is 0 Å². The minimum atomic E-state index is 0.180. The zero-order chi connectivity index (χ0) is 12.5. The van der Waals surface area contributed by atoms with Crippen LogP contribution in [-0.4, -0.2) is 25.2 Å². The summed E-state index contributed by atoms with van der Waals surface area (Å²) in [5, 5.41) is 3.59. The number of hydrogen-bond donors (Lipinski definition) is 1. The average Bonchev–Trinajstić information content (AvgIpc) is 2.39. The van der Waals surface area contributed by atoms with E-state index in [1.54, 1.807) is 0 Å². The second-order valence-electron chi connectivity index (χ2n) is 5.18. The highest BCUT2D eigenvalue weighted by molar-refractivity contribution is 14.1. The highest BCUT2D eigenvalue weighted by Crippen LogP contribution is 2.29. The molecule has 1 heterocycles. The lowest BCUT2D eigenvalue weighted by atomic mass is 10.1. The van der Waals surface area contributed by atoms with Gasteiger partial charge < -0.3 is 10.2 Å². The van der Waals surface area contributed by atoms with Crippen molar-refractivity contribution in [3.63, 3.8) is 0 Å². The highest BCUT2D eigenvalue weighted by Gasteiger charge is 2.24. The van der Waals surface area contributed by atoms with E-state index in [1.165, 1.54) is 20.2 Å². The first kappa shape index (κ1) is 13.6. The molecule has 0 radical (unpaired) electrons. The van der Waals surface area contributed by atoms with Gasteiger partial charge in [-0.15, -0.1) is 0 Å². The zero-order valence-corrected chi connectivity index (χ0v) is 14.0. The number of anilines is 1. The van der Waals surface area contributed by atoms with E-state index in [4.69, 9.17) is 0 Å². The van der Waals surface area contributed by atoms with Crippen LogP contribution >= 0.6 is 38.5 Å². The molecule has 17 heavy (non-hydrogen) atoms. The standard InChI is InChI=1S/C13H18BrIN2/c1-13(2)9-17(7-3-6-16-13)12-5-4-10(15)8-11(12)14/h4-5,8,16H,3,6-7,9H2,1-2H3. The van der Waals surface area contributed by atoms with Gasteiger partial charge in [0.25, 0.3) is 0 Å². The molecule has 0 saturated carbocycles. The van der Waals surface area contributed by atoms with Crippen LogP contribution in [0.25, 0.3) is 0 Å². The van der Waals surface area contributed by atoms with Crippen LogP contribution < -0.4 is 10.2 Å². The molecule has 4 heteroatoms. The molecule has 0 amide bonds. The van der Waals surface area contributed by atoms with E-state index in [9.17, 15) is 0 Å². The molecule has 1 aromatic rings. The third-order valence-corrected chi connectivity index (χ3v) is 4.35. The summed E-state index contributed by atoms with van der Waals surface area (Å²) in [5.74, 6) is 0. The van der Waals surface area contributed by atoms with Gasteiger partial charge in [0.2, 0.25) is 0 Å². The van der Waals surface area contributed by atoms with E-state index in [2.05, 4.69) is 80.8 Å². The molecule has 1 N–H and O–H groups in total. The fourth-order valence-corrected chi connectivity index (χ4v) is 3.80. The Balaban J connectivity index is 2.25. The van der Waals surface area contributed by atoms with Gasteiger partial charge in [0.15, 0.2) is 0 Å². The number of halogens is 2. The number of benzene rings is 1. The van der Waals surface area contributed by atoms with Crippen molar-refractivity contribution < 1.29 is 0 Å². The lowest BCUT2D eigenvalue weighted by Crippen LogP contribution is -2.46. The van der Waals surface area contributed by atoms with E-state index in [-0.39, 0.29) is 5.54 Å². The van der Waals surface area contributed by atoms with Crippen LogP contribution in [-0.2, 0) is 0 Å². The summed E-state index contributed by atoms with van der Waals surface area (Å²) < 4.78 is 2.47. The molecule has 0 aliphatic carbocycles. The van der Waals surface area contributed by atoms with Crippen molar-refractivity contribution in [3.05, 3.63) is 26.2 Å². The smallest absolute Gasteiger partial charge is 0.0512 e. The van der Waals surface area contributed by atoms with Gasteiger partial charge in [0.1, 0.15) is 0 Å². The number of hydrogen-bond acceptors (Lipinski definition) is 2. The summed E-state index contributed by atoms with van der Waals surface area (Å²) in [6, 6.07) is 6.57. The zero-order valence-electron chi connectivity index (χ0n) is 10.3. The number of nitrogens with zero attached hydrogens (tertiary/aromatic N) is 1. The fraction of sp³-hybridized carbons (Fsp3) is 0.538. The predicted molar refractivity (Wildman–Crippen MR) is 85.8 cm³/mol. The van der Waals surface area contributed by atoms with Crippen LogP contribution in [0.5, 0.6) is 0 Å². The van der Waals surface area contributed by atoms with Gasteiger partial charge in [-0.2, -0.15) is 0 Å². The van der Waals surface area contributed by atoms with Crippen molar-refractivity contribution >= 4 is 44.2 Å². The molecule has 0 spiro atoms. The second-order valence-corrected chi connectivity index (χ2v) is 7.28. The quantitative estimate of drug-likeness (QED) is 0.713. The first-order valence-corrected chi connectivity index (χ1v) is 7.80. The van der Waals surface area contributed by atoms with Gasteiger partial charge >= 0.3 is 0 Å². The van der Waals surface area contributed by atoms with Gasteiger partial charge in [0, 0.05) is 26.7 Å². The third-order valence-electron chi connectivity index (χ3n) is 3.04. The maximum Gasteiger partial charge on any atom is 0.0512 e. The Hall–Kier alpha value is 0.190. The molecule has 0 bridgehead atoms. The summed E-state index contributed by atoms with van der Waals surface area (Å²) in [6.45, 7) is 7.81. The summed E-state index contributed by atoms with van der Waals surface area (Å²) in [6.07, 6.45) is 1.20. The number of nitrogens with one attached hydrogen (secondary N) is 1. The minimum absolute atomic E-state index is 0.180.